The summed E-state index contributed by atoms with van der Waals surface area (Å²) < 4.78 is 32.4. The van der Waals surface area contributed by atoms with Crippen molar-refractivity contribution in [3.63, 3.8) is 0 Å². The molecule has 2 atom stereocenters. The topological polar surface area (TPSA) is 129 Å². The smallest absolute Gasteiger partial charge is 0.462 e. The molecule has 0 rings (SSSR count). The molecule has 10 heteroatoms. The van der Waals surface area contributed by atoms with E-state index < -0.39 is 39.1 Å². The van der Waals surface area contributed by atoms with Crippen LogP contribution in [-0.4, -0.2) is 54.5 Å². The lowest BCUT2D eigenvalue weighted by molar-refractivity contribution is -0.161. The Morgan fingerprint density at radius 1 is 0.571 bits per heavy atom. The van der Waals surface area contributed by atoms with Crippen LogP contribution in [0, 0.1) is 0 Å². The second-order valence-corrected chi connectivity index (χ2v) is 14.5. The number of aliphatic hydroxyl groups excluding tert-OH is 1. The van der Waals surface area contributed by atoms with E-state index in [0.717, 1.165) is 70.6 Å². The number of hydrogen-bond donors (Lipinski definition) is 2. The third kappa shape index (κ3) is 36.1. The Morgan fingerprint density at radius 2 is 0.980 bits per heavy atom. The molecule has 0 amide bonds. The lowest BCUT2D eigenvalue weighted by atomic mass is 10.1. The predicted octanol–water partition coefficient (Wildman–Crippen LogP) is 10.9. The van der Waals surface area contributed by atoms with Gasteiger partial charge in [-0.05, 0) is 64.2 Å². The number of phosphoric acid groups is 1. The van der Waals surface area contributed by atoms with Crippen molar-refractivity contribution < 1.29 is 42.7 Å². The molecule has 0 aliphatic carbocycles. The molecule has 0 aliphatic heterocycles. The minimum Gasteiger partial charge on any atom is -0.462 e. The summed E-state index contributed by atoms with van der Waals surface area (Å²) in [5.41, 5.74) is 0. The largest absolute Gasteiger partial charge is 0.472 e. The van der Waals surface area contributed by atoms with Crippen molar-refractivity contribution in [1.82, 2.24) is 0 Å². The van der Waals surface area contributed by atoms with Gasteiger partial charge in [0.15, 0.2) is 6.10 Å². The Kier molecular flexibility index (Phi) is 35.2. The summed E-state index contributed by atoms with van der Waals surface area (Å²) >= 11 is 0. The van der Waals surface area contributed by atoms with E-state index in [-0.39, 0.29) is 26.1 Å². The van der Waals surface area contributed by atoms with E-state index in [1.807, 2.05) is 0 Å². The van der Waals surface area contributed by atoms with E-state index >= 15 is 0 Å². The summed E-state index contributed by atoms with van der Waals surface area (Å²) in [6.45, 7) is 2.89. The average Bonchev–Trinajstić information content (AvgIpc) is 3.08. The Bertz CT molecular complexity index is 861. The molecule has 0 heterocycles. The predicted molar refractivity (Wildman–Crippen MR) is 199 cm³/mol. The molecule has 0 saturated carbocycles. The quantitative estimate of drug-likeness (QED) is 0.0279. The van der Waals surface area contributed by atoms with E-state index in [1.54, 1.807) is 0 Å². The van der Waals surface area contributed by atoms with E-state index in [2.05, 4.69) is 42.7 Å². The van der Waals surface area contributed by atoms with Gasteiger partial charge < -0.3 is 19.5 Å². The fourth-order valence-electron chi connectivity index (χ4n) is 5.32. The Labute approximate surface area is 299 Å². The summed E-state index contributed by atoms with van der Waals surface area (Å²) in [5, 5.41) is 8.85. The van der Waals surface area contributed by atoms with Gasteiger partial charge in [-0.15, -0.1) is 0 Å². The number of carbonyl (C=O) groups is 2. The maximum Gasteiger partial charge on any atom is 0.472 e. The van der Waals surface area contributed by atoms with Crippen molar-refractivity contribution in [3.05, 3.63) is 24.3 Å². The molecule has 2 N–H and O–H groups in total. The molecule has 288 valence electrons. The molecule has 49 heavy (non-hydrogen) atoms. The first kappa shape index (κ1) is 47.5. The monoisotopic (exact) mass is 716 g/mol. The van der Waals surface area contributed by atoms with Gasteiger partial charge in [-0.25, -0.2) is 4.57 Å². The normalized spacial score (nSPS) is 13.6. The SMILES string of the molecule is CCCCCC/C=C\CCCCCCCC(=O)O[C@@H](COC(=O)CCCCCCC/C=C\CCCCCCCC)COP(=O)(O)OCCO. The van der Waals surface area contributed by atoms with Crippen LogP contribution in [0.2, 0.25) is 0 Å². The highest BCUT2D eigenvalue weighted by Gasteiger charge is 2.26. The van der Waals surface area contributed by atoms with Crippen molar-refractivity contribution in [2.75, 3.05) is 26.4 Å². The third-order valence-electron chi connectivity index (χ3n) is 8.28. The zero-order chi connectivity index (χ0) is 36.1. The van der Waals surface area contributed by atoms with Crippen molar-refractivity contribution >= 4 is 19.8 Å². The number of unbranched alkanes of at least 4 members (excludes halogenated alkanes) is 20. The maximum atomic E-state index is 12.5. The Morgan fingerprint density at radius 3 is 1.45 bits per heavy atom. The fourth-order valence-corrected chi connectivity index (χ4v) is 6.06. The number of hydrogen-bond acceptors (Lipinski definition) is 8. The molecular weight excluding hydrogens is 643 g/mol. The number of ether oxygens (including phenoxy) is 2. The van der Waals surface area contributed by atoms with Crippen molar-refractivity contribution in [2.45, 2.75) is 187 Å². The standard InChI is InChI=1S/C39H73O9P/c1-3-5-7-9-11-13-15-17-18-20-21-23-25-27-29-31-38(41)45-35-37(36-47-49(43,44)46-34-33-40)48-39(42)32-30-28-26-24-22-19-16-14-12-10-8-6-4-2/h14,16-18,37,40H,3-13,15,19-36H2,1-2H3,(H,43,44)/b16-14-,18-17-/t37-/m0/s1. The maximum absolute atomic E-state index is 12.5. The summed E-state index contributed by atoms with van der Waals surface area (Å²) in [4.78, 5) is 34.6. The van der Waals surface area contributed by atoms with Crippen LogP contribution in [0.5, 0.6) is 0 Å². The number of aliphatic hydroxyl groups is 1. The second-order valence-electron chi connectivity index (χ2n) is 13.1. The number of allylic oxidation sites excluding steroid dienone is 4. The summed E-state index contributed by atoms with van der Waals surface area (Å²) in [6.07, 6.45) is 36.1. The van der Waals surface area contributed by atoms with Crippen molar-refractivity contribution in [3.8, 4) is 0 Å². The molecule has 0 aromatic carbocycles. The molecule has 0 aromatic heterocycles. The molecule has 9 nitrogen and oxygen atoms in total. The first-order valence-corrected chi connectivity index (χ1v) is 21.2. The van der Waals surface area contributed by atoms with Gasteiger partial charge in [0.1, 0.15) is 6.61 Å². The third-order valence-corrected chi connectivity index (χ3v) is 9.27. The molecule has 0 radical (unpaired) electrons. The Balaban J connectivity index is 4.22. The van der Waals surface area contributed by atoms with Gasteiger partial charge in [0.2, 0.25) is 0 Å². The first-order chi connectivity index (χ1) is 23.8. The molecule has 0 spiro atoms. The number of carbonyl (C=O) groups excluding carboxylic acids is 2. The zero-order valence-electron chi connectivity index (χ0n) is 31.3. The van der Waals surface area contributed by atoms with Gasteiger partial charge >= 0.3 is 19.8 Å². The molecule has 0 aliphatic rings. The number of rotatable bonds is 37. The van der Waals surface area contributed by atoms with E-state index in [4.69, 9.17) is 19.1 Å². The minimum absolute atomic E-state index is 0.203. The summed E-state index contributed by atoms with van der Waals surface area (Å²) in [5.74, 6) is -0.884. The van der Waals surface area contributed by atoms with Gasteiger partial charge in [-0.2, -0.15) is 0 Å². The van der Waals surface area contributed by atoms with Crippen LogP contribution >= 0.6 is 7.82 Å². The van der Waals surface area contributed by atoms with E-state index in [0.29, 0.717) is 12.8 Å². The molecule has 0 fully saturated rings. The van der Waals surface area contributed by atoms with E-state index in [9.17, 15) is 19.0 Å². The second kappa shape index (κ2) is 36.3. The van der Waals surface area contributed by atoms with Crippen LogP contribution in [-0.2, 0) is 32.7 Å². The van der Waals surface area contributed by atoms with Gasteiger partial charge in [0.05, 0.1) is 19.8 Å². The number of esters is 2. The highest BCUT2D eigenvalue weighted by molar-refractivity contribution is 7.47. The van der Waals surface area contributed by atoms with Gasteiger partial charge in [-0.1, -0.05) is 128 Å². The van der Waals surface area contributed by atoms with Crippen LogP contribution < -0.4 is 0 Å². The molecule has 0 aromatic rings. The van der Waals surface area contributed by atoms with Crippen molar-refractivity contribution in [1.29, 1.82) is 0 Å². The highest BCUT2D eigenvalue weighted by atomic mass is 31.2. The molecule has 0 saturated heterocycles. The van der Waals surface area contributed by atoms with E-state index in [1.165, 1.54) is 70.6 Å². The molecular formula is C39H73O9P. The van der Waals surface area contributed by atoms with Crippen LogP contribution in [0.1, 0.15) is 181 Å². The van der Waals surface area contributed by atoms with Crippen LogP contribution in [0.15, 0.2) is 24.3 Å². The van der Waals surface area contributed by atoms with Gasteiger partial charge in [0.25, 0.3) is 0 Å². The Hall–Kier alpha value is -1.51. The number of phosphoric ester groups is 1. The van der Waals surface area contributed by atoms with Gasteiger partial charge in [-0.3, -0.25) is 18.6 Å². The lowest BCUT2D eigenvalue weighted by Crippen LogP contribution is -2.29. The summed E-state index contributed by atoms with van der Waals surface area (Å²) in [7, 11) is -4.45. The first-order valence-electron chi connectivity index (χ1n) is 19.7. The average molecular weight is 717 g/mol. The lowest BCUT2D eigenvalue weighted by Gasteiger charge is -2.19. The van der Waals surface area contributed by atoms with Crippen LogP contribution in [0.25, 0.3) is 0 Å². The molecule has 1 unspecified atom stereocenters. The van der Waals surface area contributed by atoms with Gasteiger partial charge in [0, 0.05) is 12.8 Å². The fraction of sp³-hybridized carbons (Fsp3) is 0.846. The van der Waals surface area contributed by atoms with Crippen LogP contribution in [0.4, 0.5) is 0 Å². The van der Waals surface area contributed by atoms with Crippen LogP contribution in [0.3, 0.4) is 0 Å². The summed E-state index contributed by atoms with van der Waals surface area (Å²) in [6, 6.07) is 0. The highest BCUT2D eigenvalue weighted by Crippen LogP contribution is 2.43. The van der Waals surface area contributed by atoms with Crippen molar-refractivity contribution in [2.24, 2.45) is 0 Å². The zero-order valence-corrected chi connectivity index (χ0v) is 32.2. The minimum atomic E-state index is -4.45. The molecule has 0 bridgehead atoms.